The fourth-order valence-corrected chi connectivity index (χ4v) is 2.18. The van der Waals surface area contributed by atoms with E-state index in [4.69, 9.17) is 4.74 Å². The first-order valence-corrected chi connectivity index (χ1v) is 6.94. The van der Waals surface area contributed by atoms with Crippen LogP contribution >= 0.6 is 0 Å². The molecule has 0 aromatic carbocycles. The highest BCUT2D eigenvalue weighted by molar-refractivity contribution is 5.70. The van der Waals surface area contributed by atoms with E-state index >= 15 is 0 Å². The van der Waals surface area contributed by atoms with Gasteiger partial charge in [-0.2, -0.15) is 0 Å². The van der Waals surface area contributed by atoms with Gasteiger partial charge in [0, 0.05) is 17.9 Å². The minimum atomic E-state index is -0.153. The quantitative estimate of drug-likeness (QED) is 0.710. The van der Waals surface area contributed by atoms with Crippen molar-refractivity contribution in [3.8, 4) is 0 Å². The number of carbonyl (C=O) groups excluding carboxylic acids is 1. The molecule has 19 heavy (non-hydrogen) atoms. The zero-order valence-electron chi connectivity index (χ0n) is 12.3. The highest BCUT2D eigenvalue weighted by Crippen LogP contribution is 2.24. The Balaban J connectivity index is 2.91. The second-order valence-electron chi connectivity index (χ2n) is 4.48. The minimum absolute atomic E-state index is 0.0437. The van der Waals surface area contributed by atoms with Crippen LogP contribution in [0.25, 0.3) is 0 Å². The Labute approximate surface area is 115 Å². The lowest BCUT2D eigenvalue weighted by Gasteiger charge is -2.29. The second-order valence-corrected chi connectivity index (χ2v) is 4.48. The van der Waals surface area contributed by atoms with E-state index in [-0.39, 0.29) is 12.0 Å². The summed E-state index contributed by atoms with van der Waals surface area (Å²) >= 11 is 0. The Kier molecular flexibility index (Phi) is 6.50. The zero-order valence-corrected chi connectivity index (χ0v) is 12.3. The number of hydrogen-bond donors (Lipinski definition) is 0. The third-order valence-electron chi connectivity index (χ3n) is 3.24. The Morgan fingerprint density at radius 2 is 2.00 bits per heavy atom. The molecule has 0 aliphatic heterocycles. The molecule has 0 bridgehead atoms. The fourth-order valence-electron chi connectivity index (χ4n) is 2.18. The lowest BCUT2D eigenvalue weighted by atomic mass is 10.0. The third-order valence-corrected chi connectivity index (χ3v) is 3.24. The van der Waals surface area contributed by atoms with E-state index in [1.807, 2.05) is 32.2 Å². The van der Waals surface area contributed by atoms with E-state index in [0.717, 1.165) is 24.3 Å². The summed E-state index contributed by atoms with van der Waals surface area (Å²) in [4.78, 5) is 18.3. The first kappa shape index (κ1) is 15.6. The number of hydrogen-bond acceptors (Lipinski definition) is 4. The monoisotopic (exact) mass is 264 g/mol. The van der Waals surface area contributed by atoms with Gasteiger partial charge in [0.2, 0.25) is 0 Å². The number of pyridine rings is 1. The molecule has 1 heterocycles. The van der Waals surface area contributed by atoms with E-state index in [1.54, 1.807) is 0 Å². The maximum atomic E-state index is 11.8. The van der Waals surface area contributed by atoms with Gasteiger partial charge >= 0.3 is 5.97 Å². The largest absolute Gasteiger partial charge is 0.466 e. The molecule has 1 atom stereocenters. The number of esters is 1. The topological polar surface area (TPSA) is 42.4 Å². The van der Waals surface area contributed by atoms with Gasteiger partial charge in [0.15, 0.2) is 0 Å². The molecule has 0 aliphatic rings. The summed E-state index contributed by atoms with van der Waals surface area (Å²) in [5.41, 5.74) is 2.06. The summed E-state index contributed by atoms with van der Waals surface area (Å²) in [5, 5.41) is 0. The van der Waals surface area contributed by atoms with Crippen LogP contribution in [-0.2, 0) is 9.53 Å². The standard InChI is InChI=1S/C15H24N2O2/c1-5-17(6-2)14(10-15(18)19-7-3)13-9-8-12(4)16-11-13/h8-9,11,14H,5-7,10H2,1-4H3. The van der Waals surface area contributed by atoms with Crippen LogP contribution in [0.1, 0.15) is 44.5 Å². The first-order chi connectivity index (χ1) is 9.12. The molecule has 0 saturated heterocycles. The molecule has 1 unspecified atom stereocenters. The van der Waals surface area contributed by atoms with Crippen molar-refractivity contribution in [2.24, 2.45) is 0 Å². The smallest absolute Gasteiger partial charge is 0.307 e. The highest BCUT2D eigenvalue weighted by atomic mass is 16.5. The molecule has 0 spiro atoms. The lowest BCUT2D eigenvalue weighted by molar-refractivity contribution is -0.144. The van der Waals surface area contributed by atoms with Crippen LogP contribution in [0, 0.1) is 6.92 Å². The molecule has 4 heteroatoms. The molecule has 0 aliphatic carbocycles. The Hall–Kier alpha value is -1.42. The SMILES string of the molecule is CCOC(=O)CC(c1ccc(C)nc1)N(CC)CC. The molecule has 0 amide bonds. The van der Waals surface area contributed by atoms with Crippen LogP contribution in [0.5, 0.6) is 0 Å². The number of rotatable bonds is 7. The van der Waals surface area contributed by atoms with Gasteiger partial charge in [-0.25, -0.2) is 0 Å². The number of nitrogens with zero attached hydrogens (tertiary/aromatic N) is 2. The molecule has 1 rings (SSSR count). The molecule has 106 valence electrons. The van der Waals surface area contributed by atoms with Crippen LogP contribution in [0.3, 0.4) is 0 Å². The maximum Gasteiger partial charge on any atom is 0.307 e. The Bertz CT molecular complexity index is 386. The van der Waals surface area contributed by atoms with Crippen LogP contribution in [0.4, 0.5) is 0 Å². The van der Waals surface area contributed by atoms with Gasteiger partial charge in [-0.3, -0.25) is 14.7 Å². The van der Waals surface area contributed by atoms with Crippen LogP contribution in [0.15, 0.2) is 18.3 Å². The van der Waals surface area contributed by atoms with E-state index in [0.29, 0.717) is 13.0 Å². The van der Waals surface area contributed by atoms with E-state index in [2.05, 4.69) is 23.7 Å². The average molecular weight is 264 g/mol. The summed E-state index contributed by atoms with van der Waals surface area (Å²) in [5.74, 6) is -0.153. The van der Waals surface area contributed by atoms with Crippen molar-refractivity contribution >= 4 is 5.97 Å². The van der Waals surface area contributed by atoms with Gasteiger partial charge in [0.1, 0.15) is 0 Å². The fraction of sp³-hybridized carbons (Fsp3) is 0.600. The number of aromatic nitrogens is 1. The van der Waals surface area contributed by atoms with Crippen LogP contribution in [-0.4, -0.2) is 35.5 Å². The molecule has 0 radical (unpaired) electrons. The van der Waals surface area contributed by atoms with Crippen molar-refractivity contribution in [3.05, 3.63) is 29.6 Å². The molecule has 0 fully saturated rings. The van der Waals surface area contributed by atoms with Gasteiger partial charge in [-0.15, -0.1) is 0 Å². The second kappa shape index (κ2) is 7.89. The van der Waals surface area contributed by atoms with E-state index in [9.17, 15) is 4.79 Å². The molecule has 1 aromatic rings. The molecule has 4 nitrogen and oxygen atoms in total. The molecule has 1 aromatic heterocycles. The third kappa shape index (κ3) is 4.63. The van der Waals surface area contributed by atoms with Gasteiger partial charge < -0.3 is 4.74 Å². The van der Waals surface area contributed by atoms with Crippen molar-refractivity contribution in [1.29, 1.82) is 0 Å². The predicted molar refractivity (Wildman–Crippen MR) is 75.9 cm³/mol. The lowest BCUT2D eigenvalue weighted by Crippen LogP contribution is -2.30. The molecule has 0 saturated carbocycles. The highest BCUT2D eigenvalue weighted by Gasteiger charge is 2.22. The van der Waals surface area contributed by atoms with Crippen molar-refractivity contribution in [2.45, 2.75) is 40.2 Å². The van der Waals surface area contributed by atoms with Crippen LogP contribution < -0.4 is 0 Å². The van der Waals surface area contributed by atoms with Gasteiger partial charge in [0.25, 0.3) is 0 Å². The van der Waals surface area contributed by atoms with Crippen molar-refractivity contribution in [1.82, 2.24) is 9.88 Å². The minimum Gasteiger partial charge on any atom is -0.466 e. The maximum absolute atomic E-state index is 11.8. The first-order valence-electron chi connectivity index (χ1n) is 6.94. The predicted octanol–water partition coefficient (Wildman–Crippen LogP) is 2.73. The van der Waals surface area contributed by atoms with Crippen LogP contribution in [0.2, 0.25) is 0 Å². The zero-order chi connectivity index (χ0) is 14.3. The summed E-state index contributed by atoms with van der Waals surface area (Å²) < 4.78 is 5.07. The van der Waals surface area contributed by atoms with Gasteiger partial charge in [0.05, 0.1) is 13.0 Å². The van der Waals surface area contributed by atoms with Crippen molar-refractivity contribution in [3.63, 3.8) is 0 Å². The summed E-state index contributed by atoms with van der Waals surface area (Å²) in [6.45, 7) is 10.2. The summed E-state index contributed by atoms with van der Waals surface area (Å²) in [6, 6.07) is 4.07. The normalized spacial score (nSPS) is 12.5. The molecular weight excluding hydrogens is 240 g/mol. The van der Waals surface area contributed by atoms with E-state index in [1.165, 1.54) is 0 Å². The Morgan fingerprint density at radius 1 is 1.32 bits per heavy atom. The summed E-state index contributed by atoms with van der Waals surface area (Å²) in [6.07, 6.45) is 2.23. The van der Waals surface area contributed by atoms with Gasteiger partial charge in [-0.05, 0) is 38.6 Å². The molecule has 0 N–H and O–H groups in total. The average Bonchev–Trinajstić information content (AvgIpc) is 2.40. The number of carbonyl (C=O) groups is 1. The summed E-state index contributed by atoms with van der Waals surface area (Å²) in [7, 11) is 0. The van der Waals surface area contributed by atoms with E-state index < -0.39 is 0 Å². The number of ether oxygens (including phenoxy) is 1. The Morgan fingerprint density at radius 3 is 2.47 bits per heavy atom. The van der Waals surface area contributed by atoms with Crippen molar-refractivity contribution < 1.29 is 9.53 Å². The number of aryl methyl sites for hydroxylation is 1. The molecular formula is C15H24N2O2. The van der Waals surface area contributed by atoms with Crippen molar-refractivity contribution in [2.75, 3.05) is 19.7 Å². The van der Waals surface area contributed by atoms with Gasteiger partial charge in [-0.1, -0.05) is 19.9 Å².